The molecule has 1 fully saturated rings. The summed E-state index contributed by atoms with van der Waals surface area (Å²) in [5, 5.41) is 11.1. The standard InChI is InChI=1S/C20H23N3O3S/c24-20(16-17-6-4-5-9-19(17)23(25)26)22-12-10-21(11-13-22)14-15-27-18-7-2-1-3-8-18/h1-9H,10-16H2. The zero-order valence-electron chi connectivity index (χ0n) is 15.1. The number of nitrogens with zero attached hydrogens (tertiary/aromatic N) is 3. The average Bonchev–Trinajstić information content (AvgIpc) is 2.69. The van der Waals surface area contributed by atoms with E-state index in [1.165, 1.54) is 11.0 Å². The highest BCUT2D eigenvalue weighted by atomic mass is 32.2. The van der Waals surface area contributed by atoms with Gasteiger partial charge in [-0.05, 0) is 12.1 Å². The van der Waals surface area contributed by atoms with Gasteiger partial charge in [-0.25, -0.2) is 0 Å². The Morgan fingerprint density at radius 1 is 1.00 bits per heavy atom. The molecule has 1 aliphatic heterocycles. The van der Waals surface area contributed by atoms with Crippen LogP contribution in [0.5, 0.6) is 0 Å². The molecular formula is C20H23N3O3S. The number of carbonyl (C=O) groups is 1. The van der Waals surface area contributed by atoms with Gasteiger partial charge >= 0.3 is 0 Å². The minimum absolute atomic E-state index is 0.0161. The van der Waals surface area contributed by atoms with Crippen LogP contribution < -0.4 is 0 Å². The van der Waals surface area contributed by atoms with E-state index in [2.05, 4.69) is 17.0 Å². The van der Waals surface area contributed by atoms with Crippen LogP contribution in [0.4, 0.5) is 5.69 Å². The number of nitro benzene ring substituents is 1. The highest BCUT2D eigenvalue weighted by Crippen LogP contribution is 2.20. The van der Waals surface area contributed by atoms with Crippen LogP contribution in [0.25, 0.3) is 0 Å². The van der Waals surface area contributed by atoms with Gasteiger partial charge in [-0.3, -0.25) is 19.8 Å². The molecule has 6 nitrogen and oxygen atoms in total. The molecule has 142 valence electrons. The first-order chi connectivity index (χ1) is 13.1. The van der Waals surface area contributed by atoms with E-state index in [0.29, 0.717) is 18.7 Å². The number of hydrogen-bond donors (Lipinski definition) is 0. The number of amides is 1. The van der Waals surface area contributed by atoms with Crippen LogP contribution in [0.2, 0.25) is 0 Å². The van der Waals surface area contributed by atoms with Gasteiger partial charge in [-0.2, -0.15) is 0 Å². The Labute approximate surface area is 163 Å². The summed E-state index contributed by atoms with van der Waals surface area (Å²) in [4.78, 5) is 28.7. The second kappa shape index (κ2) is 9.53. The highest BCUT2D eigenvalue weighted by molar-refractivity contribution is 7.99. The largest absolute Gasteiger partial charge is 0.340 e. The fourth-order valence-corrected chi connectivity index (χ4v) is 4.08. The quantitative estimate of drug-likeness (QED) is 0.416. The zero-order chi connectivity index (χ0) is 19.1. The van der Waals surface area contributed by atoms with E-state index in [4.69, 9.17) is 0 Å². The van der Waals surface area contributed by atoms with Gasteiger partial charge in [0.15, 0.2) is 0 Å². The predicted octanol–water partition coefficient (Wildman–Crippen LogP) is 3.07. The number of nitro groups is 1. The van der Waals surface area contributed by atoms with Gasteiger partial charge in [0, 0.05) is 55.0 Å². The number of carbonyl (C=O) groups excluding carboxylic acids is 1. The van der Waals surface area contributed by atoms with Crippen LogP contribution in [0.3, 0.4) is 0 Å². The first-order valence-corrected chi connectivity index (χ1v) is 10.0. The summed E-state index contributed by atoms with van der Waals surface area (Å²) in [6.45, 7) is 4.03. The Kier molecular flexibility index (Phi) is 6.84. The Morgan fingerprint density at radius 2 is 1.67 bits per heavy atom. The van der Waals surface area contributed by atoms with Crippen LogP contribution in [0, 0.1) is 10.1 Å². The van der Waals surface area contributed by atoms with Crippen LogP contribution in [0.15, 0.2) is 59.5 Å². The second-order valence-corrected chi connectivity index (χ2v) is 7.61. The minimum Gasteiger partial charge on any atom is -0.340 e. The SMILES string of the molecule is O=C(Cc1ccccc1[N+](=O)[O-])N1CCN(CCSc2ccccc2)CC1. The number of para-hydroxylation sites is 1. The second-order valence-electron chi connectivity index (χ2n) is 6.45. The van der Waals surface area contributed by atoms with Crippen molar-refractivity contribution < 1.29 is 9.72 Å². The van der Waals surface area contributed by atoms with E-state index in [1.54, 1.807) is 18.2 Å². The molecule has 3 rings (SSSR count). The monoisotopic (exact) mass is 385 g/mol. The first kappa shape index (κ1) is 19.4. The summed E-state index contributed by atoms with van der Waals surface area (Å²) in [6.07, 6.45) is 0.0843. The molecule has 0 unspecified atom stereocenters. The van der Waals surface area contributed by atoms with Crippen molar-refractivity contribution in [2.75, 3.05) is 38.5 Å². The van der Waals surface area contributed by atoms with Crippen molar-refractivity contribution in [1.29, 1.82) is 0 Å². The predicted molar refractivity (Wildman–Crippen MR) is 107 cm³/mol. The number of piperazine rings is 1. The summed E-state index contributed by atoms with van der Waals surface area (Å²) in [7, 11) is 0. The molecule has 0 spiro atoms. The van der Waals surface area contributed by atoms with Crippen molar-refractivity contribution in [2.45, 2.75) is 11.3 Å². The van der Waals surface area contributed by atoms with Gasteiger partial charge in [0.2, 0.25) is 5.91 Å². The fourth-order valence-electron chi connectivity index (χ4n) is 3.14. The maximum Gasteiger partial charge on any atom is 0.273 e. The number of thioether (sulfide) groups is 1. The zero-order valence-corrected chi connectivity index (χ0v) is 15.9. The van der Waals surface area contributed by atoms with E-state index in [1.807, 2.05) is 34.9 Å². The summed E-state index contributed by atoms with van der Waals surface area (Å²) in [5.74, 6) is 0.983. The Morgan fingerprint density at radius 3 is 2.37 bits per heavy atom. The number of benzene rings is 2. The molecule has 1 saturated heterocycles. The molecule has 27 heavy (non-hydrogen) atoms. The summed E-state index contributed by atoms with van der Waals surface area (Å²) in [6, 6.07) is 16.8. The molecule has 1 amide bonds. The topological polar surface area (TPSA) is 66.7 Å². The van der Waals surface area contributed by atoms with Crippen molar-refractivity contribution >= 4 is 23.4 Å². The molecule has 2 aromatic carbocycles. The molecule has 0 aromatic heterocycles. The average molecular weight is 385 g/mol. The Hall–Kier alpha value is -2.38. The maximum absolute atomic E-state index is 12.5. The van der Waals surface area contributed by atoms with Gasteiger partial charge in [-0.15, -0.1) is 11.8 Å². The lowest BCUT2D eigenvalue weighted by Crippen LogP contribution is -2.49. The molecule has 0 atom stereocenters. The van der Waals surface area contributed by atoms with Gasteiger partial charge in [0.05, 0.1) is 11.3 Å². The molecular weight excluding hydrogens is 362 g/mol. The third-order valence-electron chi connectivity index (χ3n) is 4.67. The van der Waals surface area contributed by atoms with E-state index in [9.17, 15) is 14.9 Å². The van der Waals surface area contributed by atoms with Crippen LogP contribution in [-0.4, -0.2) is 59.1 Å². The Balaban J connectivity index is 1.43. The van der Waals surface area contributed by atoms with E-state index >= 15 is 0 Å². The molecule has 0 N–H and O–H groups in total. The molecule has 1 heterocycles. The highest BCUT2D eigenvalue weighted by Gasteiger charge is 2.23. The third-order valence-corrected chi connectivity index (χ3v) is 5.67. The number of hydrogen-bond acceptors (Lipinski definition) is 5. The van der Waals surface area contributed by atoms with E-state index < -0.39 is 4.92 Å². The van der Waals surface area contributed by atoms with Crippen molar-refractivity contribution in [3.63, 3.8) is 0 Å². The van der Waals surface area contributed by atoms with Crippen molar-refractivity contribution in [2.24, 2.45) is 0 Å². The summed E-state index contributed by atoms with van der Waals surface area (Å²) >= 11 is 1.84. The number of rotatable bonds is 7. The van der Waals surface area contributed by atoms with E-state index in [0.717, 1.165) is 25.4 Å². The lowest BCUT2D eigenvalue weighted by Gasteiger charge is -2.34. The van der Waals surface area contributed by atoms with Gasteiger partial charge in [0.25, 0.3) is 5.69 Å². The van der Waals surface area contributed by atoms with Gasteiger partial charge in [0.1, 0.15) is 0 Å². The van der Waals surface area contributed by atoms with E-state index in [-0.39, 0.29) is 18.0 Å². The smallest absolute Gasteiger partial charge is 0.273 e. The van der Waals surface area contributed by atoms with Crippen molar-refractivity contribution in [3.8, 4) is 0 Å². The lowest BCUT2D eigenvalue weighted by molar-refractivity contribution is -0.385. The molecule has 1 aliphatic rings. The third kappa shape index (κ3) is 5.55. The Bertz CT molecular complexity index is 777. The van der Waals surface area contributed by atoms with Crippen molar-refractivity contribution in [3.05, 3.63) is 70.3 Å². The van der Waals surface area contributed by atoms with Crippen LogP contribution >= 0.6 is 11.8 Å². The molecule has 2 aromatic rings. The van der Waals surface area contributed by atoms with Crippen LogP contribution in [0.1, 0.15) is 5.56 Å². The normalized spacial score (nSPS) is 14.9. The van der Waals surface area contributed by atoms with Crippen LogP contribution in [-0.2, 0) is 11.2 Å². The lowest BCUT2D eigenvalue weighted by atomic mass is 10.1. The molecule has 7 heteroatoms. The summed E-state index contributed by atoms with van der Waals surface area (Å²) in [5.41, 5.74) is 0.497. The minimum atomic E-state index is -0.426. The molecule has 0 saturated carbocycles. The maximum atomic E-state index is 12.5. The van der Waals surface area contributed by atoms with Gasteiger partial charge < -0.3 is 4.90 Å². The molecule has 0 aliphatic carbocycles. The summed E-state index contributed by atoms with van der Waals surface area (Å²) < 4.78 is 0. The first-order valence-electron chi connectivity index (χ1n) is 9.04. The van der Waals surface area contributed by atoms with Crippen molar-refractivity contribution in [1.82, 2.24) is 9.80 Å². The molecule has 0 bridgehead atoms. The van der Waals surface area contributed by atoms with Gasteiger partial charge in [-0.1, -0.05) is 36.4 Å². The molecule has 0 radical (unpaired) electrons. The fraction of sp³-hybridized carbons (Fsp3) is 0.350.